The molecule has 1 aromatic heterocycles. The molecule has 10 rings (SSSR count). The molecule has 0 bridgehead atoms. The van der Waals surface area contributed by atoms with Crippen molar-refractivity contribution in [1.29, 1.82) is 0 Å². The van der Waals surface area contributed by atoms with Crippen molar-refractivity contribution < 1.29 is 4.42 Å². The van der Waals surface area contributed by atoms with E-state index < -0.39 is 0 Å². The quantitative estimate of drug-likeness (QED) is 0.165. The zero-order valence-corrected chi connectivity index (χ0v) is 28.4. The lowest BCUT2D eigenvalue weighted by molar-refractivity contribution is 0.669. The average Bonchev–Trinajstić information content (AvgIpc) is 3.61. The van der Waals surface area contributed by atoms with Crippen LogP contribution in [0.25, 0.3) is 76.9 Å². The van der Waals surface area contributed by atoms with Crippen molar-refractivity contribution in [3.8, 4) is 33.4 Å². The molecule has 0 aliphatic carbocycles. The van der Waals surface area contributed by atoms with E-state index >= 15 is 0 Å². The van der Waals surface area contributed by atoms with Gasteiger partial charge in [0.1, 0.15) is 11.2 Å². The van der Waals surface area contributed by atoms with E-state index in [-0.39, 0.29) is 0 Å². The SMILES string of the molecule is c1ccc(-c2ccc(N(c3ccc(-c4ccccc4)cc3)c3ccc(-c4ccc5c(ccc6ccc7oc8ccccc8c7c65)c4)cc3)cc2)cc1. The Bertz CT molecular complexity index is 2770. The average molecular weight is 664 g/mol. The van der Waals surface area contributed by atoms with Gasteiger partial charge in [-0.15, -0.1) is 0 Å². The molecule has 0 saturated carbocycles. The number of benzene rings is 9. The number of hydrogen-bond acceptors (Lipinski definition) is 2. The van der Waals surface area contributed by atoms with Crippen molar-refractivity contribution in [2.45, 2.75) is 0 Å². The van der Waals surface area contributed by atoms with Crippen molar-refractivity contribution in [3.05, 3.63) is 200 Å². The van der Waals surface area contributed by atoms with Crippen molar-refractivity contribution >= 4 is 60.5 Å². The highest BCUT2D eigenvalue weighted by Gasteiger charge is 2.16. The number of para-hydroxylation sites is 1. The second kappa shape index (κ2) is 12.5. The summed E-state index contributed by atoms with van der Waals surface area (Å²) in [7, 11) is 0. The van der Waals surface area contributed by atoms with Crippen LogP contribution in [0.15, 0.2) is 205 Å². The second-order valence-corrected chi connectivity index (χ2v) is 13.3. The summed E-state index contributed by atoms with van der Waals surface area (Å²) in [6.07, 6.45) is 0. The molecular formula is C50H33NO. The molecule has 0 atom stereocenters. The maximum atomic E-state index is 6.24. The van der Waals surface area contributed by atoms with Crippen molar-refractivity contribution in [2.75, 3.05) is 4.90 Å². The first kappa shape index (κ1) is 30.0. The molecule has 0 aliphatic rings. The van der Waals surface area contributed by atoms with E-state index in [1.807, 2.05) is 6.07 Å². The molecule has 52 heavy (non-hydrogen) atoms. The van der Waals surface area contributed by atoms with Crippen LogP contribution < -0.4 is 4.90 Å². The number of rotatable bonds is 6. The van der Waals surface area contributed by atoms with Crippen LogP contribution in [0.1, 0.15) is 0 Å². The second-order valence-electron chi connectivity index (χ2n) is 13.3. The zero-order valence-electron chi connectivity index (χ0n) is 28.4. The maximum absolute atomic E-state index is 6.24. The Hall–Kier alpha value is -6.90. The van der Waals surface area contributed by atoms with Gasteiger partial charge in [-0.05, 0) is 104 Å². The molecular weight excluding hydrogens is 631 g/mol. The Kier molecular flexibility index (Phi) is 7.18. The van der Waals surface area contributed by atoms with Gasteiger partial charge in [-0.3, -0.25) is 0 Å². The normalized spacial score (nSPS) is 11.5. The number of hydrogen-bond donors (Lipinski definition) is 0. The molecule has 0 saturated heterocycles. The topological polar surface area (TPSA) is 16.4 Å². The number of furan rings is 1. The van der Waals surface area contributed by atoms with E-state index in [1.165, 1.54) is 60.3 Å². The molecule has 0 N–H and O–H groups in total. The third-order valence-electron chi connectivity index (χ3n) is 10.3. The summed E-state index contributed by atoms with van der Waals surface area (Å²) in [5, 5.41) is 7.25. The number of nitrogens with zero attached hydrogens (tertiary/aromatic N) is 1. The van der Waals surface area contributed by atoms with Gasteiger partial charge in [0.25, 0.3) is 0 Å². The minimum atomic E-state index is 0.923. The first-order chi connectivity index (χ1) is 25.8. The Morgan fingerprint density at radius 3 is 1.35 bits per heavy atom. The Morgan fingerprint density at radius 2 is 0.750 bits per heavy atom. The minimum absolute atomic E-state index is 0.923. The van der Waals surface area contributed by atoms with Gasteiger partial charge in [0.2, 0.25) is 0 Å². The van der Waals surface area contributed by atoms with Gasteiger partial charge in [-0.2, -0.15) is 0 Å². The predicted molar refractivity (Wildman–Crippen MR) is 220 cm³/mol. The van der Waals surface area contributed by atoms with Crippen LogP contribution in [-0.2, 0) is 0 Å². The number of fused-ring (bicyclic) bond motifs is 7. The molecule has 0 unspecified atom stereocenters. The van der Waals surface area contributed by atoms with Crippen molar-refractivity contribution in [2.24, 2.45) is 0 Å². The smallest absolute Gasteiger partial charge is 0.136 e. The third-order valence-corrected chi connectivity index (χ3v) is 10.3. The van der Waals surface area contributed by atoms with Crippen LogP contribution in [0.4, 0.5) is 17.1 Å². The zero-order chi connectivity index (χ0) is 34.4. The van der Waals surface area contributed by atoms with Gasteiger partial charge in [0.15, 0.2) is 0 Å². The molecule has 0 fully saturated rings. The summed E-state index contributed by atoms with van der Waals surface area (Å²) in [4.78, 5) is 2.33. The van der Waals surface area contributed by atoms with Crippen LogP contribution >= 0.6 is 0 Å². The van der Waals surface area contributed by atoms with Gasteiger partial charge in [0, 0.05) is 33.2 Å². The summed E-state index contributed by atoms with van der Waals surface area (Å²) in [5.74, 6) is 0. The molecule has 244 valence electrons. The summed E-state index contributed by atoms with van der Waals surface area (Å²) < 4.78 is 6.24. The maximum Gasteiger partial charge on any atom is 0.136 e. The summed E-state index contributed by atoms with van der Waals surface area (Å²) >= 11 is 0. The Labute approximate surface area is 302 Å². The van der Waals surface area contributed by atoms with Crippen molar-refractivity contribution in [3.63, 3.8) is 0 Å². The fourth-order valence-electron chi connectivity index (χ4n) is 7.67. The summed E-state index contributed by atoms with van der Waals surface area (Å²) in [6, 6.07) is 71.6. The largest absolute Gasteiger partial charge is 0.456 e. The van der Waals surface area contributed by atoms with Crippen LogP contribution in [0.3, 0.4) is 0 Å². The Balaban J connectivity index is 1.03. The lowest BCUT2D eigenvalue weighted by Crippen LogP contribution is -2.09. The van der Waals surface area contributed by atoms with E-state index in [2.05, 4.69) is 199 Å². The molecule has 2 nitrogen and oxygen atoms in total. The molecule has 9 aromatic carbocycles. The molecule has 10 aromatic rings. The van der Waals surface area contributed by atoms with Gasteiger partial charge in [-0.25, -0.2) is 0 Å². The summed E-state index contributed by atoms with van der Waals surface area (Å²) in [5.41, 5.74) is 12.4. The standard InChI is InChI=1S/C50H33NO/c1-3-9-34(10-4-1)36-17-25-42(26-18-36)51(43-27-19-37(20-28-43)35-11-5-2-6-12-35)44-29-21-38(22-30-44)40-23-31-45-41(33-40)16-15-39-24-32-48-50(49(39)45)46-13-7-8-14-47(46)52-48/h1-33H. The monoisotopic (exact) mass is 663 g/mol. The van der Waals surface area contributed by atoms with Crippen molar-refractivity contribution in [1.82, 2.24) is 0 Å². The minimum Gasteiger partial charge on any atom is -0.456 e. The highest BCUT2D eigenvalue weighted by atomic mass is 16.3. The van der Waals surface area contributed by atoms with Crippen LogP contribution in [0.2, 0.25) is 0 Å². The van der Waals surface area contributed by atoms with Gasteiger partial charge in [0.05, 0.1) is 0 Å². The van der Waals surface area contributed by atoms with Crippen LogP contribution in [-0.4, -0.2) is 0 Å². The van der Waals surface area contributed by atoms with Gasteiger partial charge >= 0.3 is 0 Å². The molecule has 0 radical (unpaired) electrons. The summed E-state index contributed by atoms with van der Waals surface area (Å²) in [6.45, 7) is 0. The third kappa shape index (κ3) is 5.21. The highest BCUT2D eigenvalue weighted by molar-refractivity contribution is 6.26. The number of anilines is 3. The fourth-order valence-corrected chi connectivity index (χ4v) is 7.67. The molecule has 0 spiro atoms. The molecule has 1 heterocycles. The molecule has 2 heteroatoms. The van der Waals surface area contributed by atoms with E-state index in [4.69, 9.17) is 4.42 Å². The van der Waals surface area contributed by atoms with E-state index in [9.17, 15) is 0 Å². The first-order valence-electron chi connectivity index (χ1n) is 17.8. The Morgan fingerprint density at radius 1 is 0.288 bits per heavy atom. The van der Waals surface area contributed by atoms with Crippen LogP contribution in [0, 0.1) is 0 Å². The van der Waals surface area contributed by atoms with E-state index in [0.29, 0.717) is 0 Å². The molecule has 0 amide bonds. The van der Waals surface area contributed by atoms with Gasteiger partial charge < -0.3 is 9.32 Å². The van der Waals surface area contributed by atoms with E-state index in [1.54, 1.807) is 0 Å². The molecule has 0 aliphatic heterocycles. The van der Waals surface area contributed by atoms with Crippen LogP contribution in [0.5, 0.6) is 0 Å². The highest BCUT2D eigenvalue weighted by Crippen LogP contribution is 2.41. The predicted octanol–water partition coefficient (Wildman–Crippen LogP) is 14.4. The van der Waals surface area contributed by atoms with Gasteiger partial charge in [-0.1, -0.05) is 146 Å². The lowest BCUT2D eigenvalue weighted by atomic mass is 9.95. The fraction of sp³-hybridized carbons (Fsp3) is 0. The lowest BCUT2D eigenvalue weighted by Gasteiger charge is -2.26. The first-order valence-corrected chi connectivity index (χ1v) is 17.8. The van der Waals surface area contributed by atoms with E-state index in [0.717, 1.165) is 33.6 Å².